The molecule has 0 saturated heterocycles. The molecule has 2 aromatic heterocycles. The van der Waals surface area contributed by atoms with Gasteiger partial charge in [-0.1, -0.05) is 121 Å². The second-order valence-electron chi connectivity index (χ2n) is 14.9. The molecular weight excluding hydrogens is 737 g/mol. The van der Waals surface area contributed by atoms with Gasteiger partial charge in [-0.25, -0.2) is 9.98 Å². The lowest BCUT2D eigenvalue weighted by Crippen LogP contribution is -2.04. The highest BCUT2D eigenvalue weighted by atomic mass is 16.3. The van der Waals surface area contributed by atoms with Crippen LogP contribution in [0.5, 0.6) is 0 Å². The van der Waals surface area contributed by atoms with E-state index in [-0.39, 0.29) is 5.84 Å². The fourth-order valence-electron chi connectivity index (χ4n) is 8.28. The van der Waals surface area contributed by atoms with Gasteiger partial charge < -0.3 is 8.83 Å². The number of para-hydroxylation sites is 2. The SMILES string of the molecule is N#Cc1ccc(-c2cccc(-c3ccc4c5ccc(C=NC(=NC(=N)c6ccc7oc8ccccc8c7c6)c6ccccc6)cc5c5oc6ccccc6c5c4c3)c2)cc1. The minimum absolute atomic E-state index is 0.104. The Balaban J connectivity index is 1.01. The topological polar surface area (TPSA) is 98.6 Å². The molecule has 2 heterocycles. The highest BCUT2D eigenvalue weighted by Crippen LogP contribution is 2.42. The molecule has 280 valence electrons. The molecule has 6 heteroatoms. The van der Waals surface area contributed by atoms with Crippen molar-refractivity contribution in [1.82, 2.24) is 0 Å². The molecule has 0 fully saturated rings. The summed E-state index contributed by atoms with van der Waals surface area (Å²) < 4.78 is 12.7. The van der Waals surface area contributed by atoms with Crippen LogP contribution in [-0.2, 0) is 0 Å². The van der Waals surface area contributed by atoms with Crippen LogP contribution in [0.1, 0.15) is 22.3 Å². The van der Waals surface area contributed by atoms with Crippen LogP contribution in [0, 0.1) is 16.7 Å². The molecule has 0 saturated carbocycles. The van der Waals surface area contributed by atoms with Crippen LogP contribution in [0.4, 0.5) is 0 Å². The van der Waals surface area contributed by atoms with E-state index in [2.05, 4.69) is 78.9 Å². The molecule has 1 N–H and O–H groups in total. The monoisotopic (exact) mass is 768 g/mol. The predicted octanol–water partition coefficient (Wildman–Crippen LogP) is 13.9. The van der Waals surface area contributed by atoms with E-state index in [4.69, 9.17) is 24.2 Å². The zero-order valence-corrected chi connectivity index (χ0v) is 32.1. The lowest BCUT2D eigenvalue weighted by Gasteiger charge is -2.11. The van der Waals surface area contributed by atoms with Crippen molar-refractivity contribution in [2.24, 2.45) is 9.98 Å². The number of benzene rings is 9. The summed E-state index contributed by atoms with van der Waals surface area (Å²) >= 11 is 0. The largest absolute Gasteiger partial charge is 0.456 e. The van der Waals surface area contributed by atoms with Gasteiger partial charge in [0.1, 0.15) is 22.3 Å². The fraction of sp³-hybridized carbons (Fsp3) is 0. The third-order valence-electron chi connectivity index (χ3n) is 11.2. The van der Waals surface area contributed by atoms with E-state index in [0.717, 1.165) is 98.8 Å². The average molecular weight is 769 g/mol. The molecule has 0 aliphatic carbocycles. The zero-order valence-electron chi connectivity index (χ0n) is 32.1. The second-order valence-corrected chi connectivity index (χ2v) is 14.9. The normalized spacial score (nSPS) is 12.1. The molecule has 9 aromatic carbocycles. The van der Waals surface area contributed by atoms with E-state index in [1.54, 1.807) is 0 Å². The van der Waals surface area contributed by atoms with Crippen LogP contribution in [-0.4, -0.2) is 17.9 Å². The highest BCUT2D eigenvalue weighted by molar-refractivity contribution is 6.31. The van der Waals surface area contributed by atoms with Gasteiger partial charge >= 0.3 is 0 Å². The number of nitrogens with zero attached hydrogens (tertiary/aromatic N) is 3. The molecular formula is C54H32N4O2. The smallest absolute Gasteiger partial charge is 0.161 e. The third-order valence-corrected chi connectivity index (χ3v) is 11.2. The van der Waals surface area contributed by atoms with Crippen molar-refractivity contribution in [3.05, 3.63) is 204 Å². The van der Waals surface area contributed by atoms with Gasteiger partial charge in [-0.2, -0.15) is 5.26 Å². The Labute approximate surface area is 344 Å². The molecule has 6 nitrogen and oxygen atoms in total. The summed E-state index contributed by atoms with van der Waals surface area (Å²) in [6, 6.07) is 63.1. The first-order valence-corrected chi connectivity index (χ1v) is 19.7. The van der Waals surface area contributed by atoms with Gasteiger partial charge in [-0.05, 0) is 105 Å². The summed E-state index contributed by atoms with van der Waals surface area (Å²) in [7, 11) is 0. The number of furan rings is 2. The van der Waals surface area contributed by atoms with E-state index in [1.807, 2.05) is 115 Å². The maximum Gasteiger partial charge on any atom is 0.161 e. The molecule has 0 aliphatic rings. The number of fused-ring (bicyclic) bond motifs is 11. The van der Waals surface area contributed by atoms with Crippen LogP contribution in [0.2, 0.25) is 0 Å². The van der Waals surface area contributed by atoms with E-state index in [0.29, 0.717) is 17.0 Å². The molecule has 0 spiro atoms. The first kappa shape index (κ1) is 34.8. The number of aliphatic imine (C=N–C) groups is 2. The lowest BCUT2D eigenvalue weighted by molar-refractivity contribution is 0.669. The number of hydrogen-bond donors (Lipinski definition) is 1. The molecule has 60 heavy (non-hydrogen) atoms. The van der Waals surface area contributed by atoms with Crippen LogP contribution in [0.25, 0.3) is 87.7 Å². The van der Waals surface area contributed by atoms with E-state index in [1.165, 1.54) is 0 Å². The average Bonchev–Trinajstić information content (AvgIpc) is 3.89. The minimum Gasteiger partial charge on any atom is -0.456 e. The molecule has 11 aromatic rings. The number of nitriles is 1. The van der Waals surface area contributed by atoms with Gasteiger partial charge in [0, 0.05) is 44.3 Å². The van der Waals surface area contributed by atoms with Crippen LogP contribution < -0.4 is 0 Å². The van der Waals surface area contributed by atoms with E-state index >= 15 is 0 Å². The fourth-order valence-corrected chi connectivity index (χ4v) is 8.28. The number of hydrogen-bond acceptors (Lipinski definition) is 4. The summed E-state index contributed by atoms with van der Waals surface area (Å²) in [5.74, 6) is 0.536. The zero-order chi connectivity index (χ0) is 40.2. The maximum absolute atomic E-state index is 9.29. The maximum atomic E-state index is 9.29. The molecule has 0 bridgehead atoms. The second kappa shape index (κ2) is 14.2. The Hall–Kier alpha value is -8.40. The Morgan fingerprint density at radius 1 is 0.483 bits per heavy atom. The summed E-state index contributed by atoms with van der Waals surface area (Å²) in [4.78, 5) is 9.72. The predicted molar refractivity (Wildman–Crippen MR) is 245 cm³/mol. The van der Waals surface area contributed by atoms with Crippen molar-refractivity contribution < 1.29 is 8.83 Å². The summed E-state index contributed by atoms with van der Waals surface area (Å²) in [6.45, 7) is 0. The van der Waals surface area contributed by atoms with Gasteiger partial charge in [-0.15, -0.1) is 0 Å². The van der Waals surface area contributed by atoms with Crippen molar-refractivity contribution in [2.45, 2.75) is 0 Å². The first-order valence-electron chi connectivity index (χ1n) is 19.7. The van der Waals surface area contributed by atoms with Crippen molar-refractivity contribution in [2.75, 3.05) is 0 Å². The number of nitrogens with one attached hydrogen (secondary N) is 1. The van der Waals surface area contributed by atoms with Crippen molar-refractivity contribution in [1.29, 1.82) is 10.7 Å². The van der Waals surface area contributed by atoms with Gasteiger partial charge in [0.25, 0.3) is 0 Å². The number of rotatable bonds is 5. The van der Waals surface area contributed by atoms with Gasteiger partial charge in [-0.3, -0.25) is 5.41 Å². The van der Waals surface area contributed by atoms with E-state index in [9.17, 15) is 5.26 Å². The van der Waals surface area contributed by atoms with Gasteiger partial charge in [0.15, 0.2) is 11.7 Å². The minimum atomic E-state index is 0.104. The van der Waals surface area contributed by atoms with E-state index < -0.39 is 0 Å². The molecule has 0 aliphatic heterocycles. The molecule has 0 amide bonds. The Morgan fingerprint density at radius 2 is 1.15 bits per heavy atom. The Bertz CT molecular complexity index is 3620. The lowest BCUT2D eigenvalue weighted by atomic mass is 9.92. The first-order chi connectivity index (χ1) is 29.6. The van der Waals surface area contributed by atoms with Crippen LogP contribution in [0.15, 0.2) is 201 Å². The Morgan fingerprint density at radius 3 is 1.97 bits per heavy atom. The summed E-state index contributed by atoms with van der Waals surface area (Å²) in [5.41, 5.74) is 10.6. The van der Waals surface area contributed by atoms with Crippen molar-refractivity contribution in [3.8, 4) is 28.3 Å². The molecule has 0 unspecified atom stereocenters. The third kappa shape index (κ3) is 6.01. The molecule has 0 radical (unpaired) electrons. The highest BCUT2D eigenvalue weighted by Gasteiger charge is 2.18. The standard InChI is InChI=1S/C54H32N4O2/c55-31-33-17-20-35(21-18-33)37-11-8-12-38(28-37)39-22-25-41-42-24-19-34(27-47(42)52-51(46(41)29-39)44-14-5-7-16-49(44)60-52)32-57-54(36-9-2-1-3-10-36)58-53(56)40-23-26-50-45(30-40)43-13-4-6-15-48(43)59-50/h1-30,32,56H. The van der Waals surface area contributed by atoms with Crippen LogP contribution in [0.3, 0.4) is 0 Å². The summed E-state index contributed by atoms with van der Waals surface area (Å²) in [6.07, 6.45) is 1.81. The van der Waals surface area contributed by atoms with Gasteiger partial charge in [0.05, 0.1) is 11.6 Å². The molecule has 11 rings (SSSR count). The van der Waals surface area contributed by atoms with Crippen molar-refractivity contribution >= 4 is 83.3 Å². The van der Waals surface area contributed by atoms with Crippen LogP contribution >= 0.6 is 0 Å². The van der Waals surface area contributed by atoms with Crippen molar-refractivity contribution in [3.63, 3.8) is 0 Å². The molecule has 0 atom stereocenters. The quantitative estimate of drug-likeness (QED) is 0.107. The summed E-state index contributed by atoms with van der Waals surface area (Å²) in [5, 5.41) is 26.7. The Kier molecular flexibility index (Phi) is 8.25. The number of amidine groups is 2. The van der Waals surface area contributed by atoms with Gasteiger partial charge in [0.2, 0.25) is 0 Å².